The zero-order valence-corrected chi connectivity index (χ0v) is 16.3. The van der Waals surface area contributed by atoms with E-state index in [1.54, 1.807) is 6.07 Å². The molecule has 0 aliphatic heterocycles. The lowest BCUT2D eigenvalue weighted by Crippen LogP contribution is -2.26. The first-order valence-corrected chi connectivity index (χ1v) is 9.55. The topological polar surface area (TPSA) is 62.1 Å². The predicted molar refractivity (Wildman–Crippen MR) is 111 cm³/mol. The third kappa shape index (κ3) is 4.10. The number of nitrogens with zero attached hydrogens (tertiary/aromatic N) is 1. The van der Waals surface area contributed by atoms with Crippen LogP contribution in [0.1, 0.15) is 28.2 Å². The molecular formula is C25H16F2N2O2. The van der Waals surface area contributed by atoms with Crippen LogP contribution in [0, 0.1) is 34.8 Å². The second-order valence-corrected chi connectivity index (χ2v) is 6.90. The maximum atomic E-state index is 13.4. The number of hydrogen-bond donors (Lipinski definition) is 1. The van der Waals surface area contributed by atoms with E-state index in [1.165, 1.54) is 0 Å². The normalized spacial score (nSPS) is 11.5. The Balaban J connectivity index is 1.37. The van der Waals surface area contributed by atoms with Gasteiger partial charge >= 0.3 is 6.09 Å². The van der Waals surface area contributed by atoms with Gasteiger partial charge in [0.1, 0.15) is 12.7 Å². The quantitative estimate of drug-likeness (QED) is 0.631. The molecule has 0 saturated carbocycles. The SMILES string of the molecule is N#Cc1cc(F)c(F)cc1C#CCNC(=O)OCC1c2ccccc2-c2ccccc21. The Morgan fingerprint density at radius 2 is 1.55 bits per heavy atom. The number of ether oxygens (including phenoxy) is 1. The fourth-order valence-corrected chi connectivity index (χ4v) is 3.65. The summed E-state index contributed by atoms with van der Waals surface area (Å²) in [6.07, 6.45) is -0.637. The lowest BCUT2D eigenvalue weighted by molar-refractivity contribution is 0.144. The highest BCUT2D eigenvalue weighted by Crippen LogP contribution is 2.44. The van der Waals surface area contributed by atoms with Gasteiger partial charge in [-0.1, -0.05) is 60.4 Å². The molecule has 152 valence electrons. The van der Waals surface area contributed by atoms with Gasteiger partial charge in [0.2, 0.25) is 0 Å². The maximum absolute atomic E-state index is 13.4. The van der Waals surface area contributed by atoms with Crippen LogP contribution in [0.5, 0.6) is 0 Å². The number of amides is 1. The predicted octanol–water partition coefficient (Wildman–Crippen LogP) is 4.73. The third-order valence-corrected chi connectivity index (χ3v) is 5.07. The Hall–Kier alpha value is -4.16. The maximum Gasteiger partial charge on any atom is 0.407 e. The first-order valence-electron chi connectivity index (χ1n) is 9.55. The van der Waals surface area contributed by atoms with Crippen molar-refractivity contribution in [1.82, 2.24) is 5.32 Å². The molecule has 1 aliphatic carbocycles. The van der Waals surface area contributed by atoms with E-state index < -0.39 is 17.7 Å². The highest BCUT2D eigenvalue weighted by Gasteiger charge is 2.28. The van der Waals surface area contributed by atoms with Crippen LogP contribution in [-0.4, -0.2) is 19.2 Å². The fraction of sp³-hybridized carbons (Fsp3) is 0.120. The van der Waals surface area contributed by atoms with E-state index in [0.29, 0.717) is 0 Å². The molecule has 0 fully saturated rings. The number of benzene rings is 3. The van der Waals surface area contributed by atoms with Crippen LogP contribution >= 0.6 is 0 Å². The molecule has 31 heavy (non-hydrogen) atoms. The van der Waals surface area contributed by atoms with E-state index >= 15 is 0 Å². The van der Waals surface area contributed by atoms with Gasteiger partial charge in [0.05, 0.1) is 12.1 Å². The second kappa shape index (κ2) is 8.69. The summed E-state index contributed by atoms with van der Waals surface area (Å²) in [5.74, 6) is 2.92. The first-order chi connectivity index (χ1) is 15.1. The molecule has 4 rings (SSSR count). The van der Waals surface area contributed by atoms with Crippen molar-refractivity contribution >= 4 is 6.09 Å². The number of carbonyl (C=O) groups is 1. The summed E-state index contributed by atoms with van der Waals surface area (Å²) in [7, 11) is 0. The fourth-order valence-electron chi connectivity index (χ4n) is 3.65. The van der Waals surface area contributed by atoms with Crippen molar-refractivity contribution in [2.24, 2.45) is 0 Å². The summed E-state index contributed by atoms with van der Waals surface area (Å²) < 4.78 is 31.9. The summed E-state index contributed by atoms with van der Waals surface area (Å²) in [5.41, 5.74) is 4.47. The molecule has 0 heterocycles. The van der Waals surface area contributed by atoms with Gasteiger partial charge in [-0.05, 0) is 34.4 Å². The van der Waals surface area contributed by atoms with E-state index in [4.69, 9.17) is 10.00 Å². The van der Waals surface area contributed by atoms with Crippen LogP contribution < -0.4 is 5.32 Å². The number of carbonyl (C=O) groups excluding carboxylic acids is 1. The Bertz CT molecular complexity index is 1220. The highest BCUT2D eigenvalue weighted by atomic mass is 19.2. The van der Waals surface area contributed by atoms with Crippen molar-refractivity contribution in [1.29, 1.82) is 5.26 Å². The molecule has 1 N–H and O–H groups in total. The van der Waals surface area contributed by atoms with Gasteiger partial charge < -0.3 is 10.1 Å². The van der Waals surface area contributed by atoms with Crippen molar-refractivity contribution in [2.75, 3.05) is 13.2 Å². The van der Waals surface area contributed by atoms with E-state index in [1.807, 2.05) is 36.4 Å². The molecule has 0 saturated heterocycles. The number of nitrogens with one attached hydrogen (secondary N) is 1. The minimum absolute atomic E-state index is 0.0513. The van der Waals surface area contributed by atoms with Gasteiger partial charge in [0.15, 0.2) is 11.6 Å². The number of halogens is 2. The van der Waals surface area contributed by atoms with Crippen LogP contribution in [0.2, 0.25) is 0 Å². The smallest absolute Gasteiger partial charge is 0.407 e. The first kappa shape index (κ1) is 20.1. The second-order valence-electron chi connectivity index (χ2n) is 6.90. The van der Waals surface area contributed by atoms with Crippen LogP contribution in [0.15, 0.2) is 60.7 Å². The van der Waals surface area contributed by atoms with Crippen LogP contribution in [-0.2, 0) is 4.74 Å². The van der Waals surface area contributed by atoms with E-state index in [9.17, 15) is 13.6 Å². The molecule has 0 unspecified atom stereocenters. The van der Waals surface area contributed by atoms with Crippen LogP contribution in [0.3, 0.4) is 0 Å². The number of rotatable bonds is 3. The molecule has 6 heteroatoms. The lowest BCUT2D eigenvalue weighted by atomic mass is 9.98. The number of nitriles is 1. The Labute approximate surface area is 178 Å². The number of alkyl carbamates (subject to hydrolysis) is 1. The van der Waals surface area contributed by atoms with Gasteiger partial charge in [-0.15, -0.1) is 0 Å². The summed E-state index contributed by atoms with van der Waals surface area (Å²) in [6, 6.07) is 19.5. The van der Waals surface area contributed by atoms with E-state index in [2.05, 4.69) is 29.3 Å². The molecule has 4 nitrogen and oxygen atoms in total. The zero-order valence-electron chi connectivity index (χ0n) is 16.3. The minimum atomic E-state index is -1.11. The van der Waals surface area contributed by atoms with Crippen molar-refractivity contribution in [3.05, 3.63) is 94.6 Å². The molecule has 0 atom stereocenters. The molecule has 3 aromatic carbocycles. The standard InChI is InChI=1S/C25H16F2N2O2/c26-23-12-16(17(14-28)13-24(23)27)6-5-11-29-25(30)31-15-22-20-9-3-1-7-18(20)19-8-2-4-10-21(19)22/h1-4,7-10,12-13,22H,11,15H2,(H,29,30). The molecule has 1 amide bonds. The van der Waals surface area contributed by atoms with Gasteiger partial charge in [0, 0.05) is 11.5 Å². The van der Waals surface area contributed by atoms with Crippen LogP contribution in [0.4, 0.5) is 13.6 Å². The van der Waals surface area contributed by atoms with Crippen molar-refractivity contribution in [3.63, 3.8) is 0 Å². The summed E-state index contributed by atoms with van der Waals surface area (Å²) in [5, 5.41) is 11.5. The van der Waals surface area contributed by atoms with Gasteiger partial charge in [-0.3, -0.25) is 0 Å². The molecular weight excluding hydrogens is 398 g/mol. The molecule has 1 aliphatic rings. The number of hydrogen-bond acceptors (Lipinski definition) is 3. The highest BCUT2D eigenvalue weighted by molar-refractivity contribution is 5.79. The lowest BCUT2D eigenvalue weighted by Gasteiger charge is -2.14. The van der Waals surface area contributed by atoms with E-state index in [0.717, 1.165) is 34.4 Å². The van der Waals surface area contributed by atoms with Crippen molar-refractivity contribution in [2.45, 2.75) is 5.92 Å². The van der Waals surface area contributed by atoms with Gasteiger partial charge in [-0.2, -0.15) is 5.26 Å². The molecule has 0 aromatic heterocycles. The van der Waals surface area contributed by atoms with Crippen LogP contribution in [0.25, 0.3) is 11.1 Å². The molecule has 0 spiro atoms. The van der Waals surface area contributed by atoms with Crippen molar-refractivity contribution in [3.8, 4) is 29.0 Å². The van der Waals surface area contributed by atoms with E-state index in [-0.39, 0.29) is 30.2 Å². The largest absolute Gasteiger partial charge is 0.449 e. The summed E-state index contributed by atoms with van der Waals surface area (Å²) in [4.78, 5) is 12.1. The van der Waals surface area contributed by atoms with Gasteiger partial charge in [0.25, 0.3) is 0 Å². The third-order valence-electron chi connectivity index (χ3n) is 5.07. The monoisotopic (exact) mass is 414 g/mol. The summed E-state index contributed by atoms with van der Waals surface area (Å²) >= 11 is 0. The molecule has 0 bridgehead atoms. The van der Waals surface area contributed by atoms with Gasteiger partial charge in [-0.25, -0.2) is 13.6 Å². The van der Waals surface area contributed by atoms with Crippen molar-refractivity contribution < 1.29 is 18.3 Å². The summed E-state index contributed by atoms with van der Waals surface area (Å²) in [6.45, 7) is 0.107. The average molecular weight is 414 g/mol. The molecule has 0 radical (unpaired) electrons. The Kier molecular flexibility index (Phi) is 5.64. The zero-order chi connectivity index (χ0) is 21.8. The Morgan fingerprint density at radius 3 is 2.16 bits per heavy atom. The molecule has 3 aromatic rings. The average Bonchev–Trinajstić information content (AvgIpc) is 3.11. The minimum Gasteiger partial charge on any atom is -0.449 e. The Morgan fingerprint density at radius 1 is 0.968 bits per heavy atom. The number of fused-ring (bicyclic) bond motifs is 3.